The van der Waals surface area contributed by atoms with Gasteiger partial charge < -0.3 is 15.2 Å². The number of nitrogens with one attached hydrogen (secondary N) is 2. The molecular weight excluding hydrogens is 314 g/mol. The molecule has 1 aliphatic heterocycles. The standard InChI is InChI=1S/C19H23N5O/c1-12(2)23-19(25)13-4-3-9-24(11-13)16-6-8-20-15-10-22-18-14(17(15)16)5-7-21-18/h5-8,10,12-13,20H,3-4,9,11H2,1-2H3,(H,23,25). The first-order valence-corrected chi connectivity index (χ1v) is 8.89. The molecule has 1 atom stereocenters. The Labute approximate surface area is 146 Å². The van der Waals surface area contributed by atoms with Crippen molar-refractivity contribution < 1.29 is 4.79 Å². The van der Waals surface area contributed by atoms with E-state index in [0.717, 1.165) is 53.6 Å². The van der Waals surface area contributed by atoms with E-state index in [-0.39, 0.29) is 17.9 Å². The van der Waals surface area contributed by atoms with Crippen LogP contribution in [0.3, 0.4) is 0 Å². The Bertz CT molecular complexity index is 916. The van der Waals surface area contributed by atoms with Crippen molar-refractivity contribution >= 4 is 33.5 Å². The van der Waals surface area contributed by atoms with E-state index >= 15 is 0 Å². The highest BCUT2D eigenvalue weighted by molar-refractivity contribution is 6.10. The predicted molar refractivity (Wildman–Crippen MR) is 99.6 cm³/mol. The van der Waals surface area contributed by atoms with Crippen molar-refractivity contribution in [2.45, 2.75) is 32.7 Å². The molecule has 1 fully saturated rings. The number of anilines is 1. The van der Waals surface area contributed by atoms with Crippen molar-refractivity contribution in [1.82, 2.24) is 20.3 Å². The van der Waals surface area contributed by atoms with Crippen molar-refractivity contribution in [2.24, 2.45) is 5.92 Å². The lowest BCUT2D eigenvalue weighted by Crippen LogP contribution is -2.44. The second-order valence-electron chi connectivity index (χ2n) is 7.04. The number of rotatable bonds is 3. The number of aromatic nitrogens is 3. The molecule has 4 rings (SSSR count). The fraction of sp³-hybridized carbons (Fsp3) is 0.421. The van der Waals surface area contributed by atoms with Crippen LogP contribution in [0, 0.1) is 5.92 Å². The molecule has 1 saturated heterocycles. The van der Waals surface area contributed by atoms with E-state index in [2.05, 4.69) is 31.2 Å². The van der Waals surface area contributed by atoms with Gasteiger partial charge in [0, 0.05) is 48.0 Å². The second kappa shape index (κ2) is 6.35. The summed E-state index contributed by atoms with van der Waals surface area (Å²) in [5.74, 6) is 0.193. The lowest BCUT2D eigenvalue weighted by molar-refractivity contribution is -0.125. The largest absolute Gasteiger partial charge is 0.370 e. The number of piperidine rings is 1. The first kappa shape index (κ1) is 15.9. The minimum atomic E-state index is 0.0329. The lowest BCUT2D eigenvalue weighted by atomic mass is 9.96. The average Bonchev–Trinajstić information content (AvgIpc) is 3.09. The summed E-state index contributed by atoms with van der Waals surface area (Å²) in [6.07, 6.45) is 7.54. The van der Waals surface area contributed by atoms with E-state index in [0.29, 0.717) is 0 Å². The van der Waals surface area contributed by atoms with Crippen LogP contribution in [0.15, 0.2) is 30.7 Å². The van der Waals surface area contributed by atoms with Gasteiger partial charge in [-0.2, -0.15) is 0 Å². The monoisotopic (exact) mass is 337 g/mol. The van der Waals surface area contributed by atoms with Gasteiger partial charge in [0.05, 0.1) is 17.6 Å². The number of pyridine rings is 2. The molecule has 0 saturated carbocycles. The van der Waals surface area contributed by atoms with Gasteiger partial charge in [-0.1, -0.05) is 0 Å². The normalized spacial score (nSPS) is 18.2. The fourth-order valence-corrected chi connectivity index (χ4v) is 3.71. The highest BCUT2D eigenvalue weighted by Gasteiger charge is 2.27. The van der Waals surface area contributed by atoms with Crippen LogP contribution in [0.25, 0.3) is 21.9 Å². The van der Waals surface area contributed by atoms with Crippen LogP contribution in [-0.4, -0.2) is 40.0 Å². The summed E-state index contributed by atoms with van der Waals surface area (Å²) < 4.78 is 0. The molecule has 0 bridgehead atoms. The number of hydrogen-bond donors (Lipinski definition) is 2. The molecule has 6 nitrogen and oxygen atoms in total. The summed E-state index contributed by atoms with van der Waals surface area (Å²) in [5, 5.41) is 5.24. The molecule has 3 aromatic heterocycles. The number of aromatic amines is 1. The smallest absolute Gasteiger partial charge is 0.225 e. The van der Waals surface area contributed by atoms with Gasteiger partial charge in [-0.05, 0) is 38.8 Å². The fourth-order valence-electron chi connectivity index (χ4n) is 3.71. The number of carbonyl (C=O) groups excluding carboxylic acids is 1. The highest BCUT2D eigenvalue weighted by atomic mass is 16.2. The molecule has 1 aliphatic rings. The predicted octanol–water partition coefficient (Wildman–Crippen LogP) is 2.85. The van der Waals surface area contributed by atoms with E-state index in [4.69, 9.17) is 0 Å². The molecule has 130 valence electrons. The highest BCUT2D eigenvalue weighted by Crippen LogP contribution is 2.33. The van der Waals surface area contributed by atoms with Gasteiger partial charge in [0.2, 0.25) is 5.91 Å². The Hall–Kier alpha value is -2.63. The van der Waals surface area contributed by atoms with E-state index in [9.17, 15) is 4.79 Å². The molecular formula is C19H23N5O. The summed E-state index contributed by atoms with van der Waals surface area (Å²) in [5.41, 5.74) is 2.91. The van der Waals surface area contributed by atoms with Gasteiger partial charge in [-0.15, -0.1) is 0 Å². The quantitative estimate of drug-likeness (QED) is 0.771. The van der Waals surface area contributed by atoms with Gasteiger partial charge >= 0.3 is 0 Å². The molecule has 1 amide bonds. The number of amides is 1. The van der Waals surface area contributed by atoms with Gasteiger partial charge in [-0.3, -0.25) is 4.79 Å². The second-order valence-corrected chi connectivity index (χ2v) is 7.04. The zero-order valence-corrected chi connectivity index (χ0v) is 14.6. The SMILES string of the molecule is CC(C)NC(=O)C1CCCN(c2cc[nH]c3cnc4nccc4c23)C1. The average molecular weight is 337 g/mol. The summed E-state index contributed by atoms with van der Waals surface area (Å²) >= 11 is 0. The Morgan fingerprint density at radius 2 is 2.24 bits per heavy atom. The van der Waals surface area contributed by atoms with Crippen molar-refractivity contribution in [3.05, 3.63) is 30.7 Å². The summed E-state index contributed by atoms with van der Waals surface area (Å²) in [6.45, 7) is 5.72. The van der Waals surface area contributed by atoms with E-state index in [1.165, 1.54) is 0 Å². The molecule has 0 aromatic carbocycles. The Morgan fingerprint density at radius 1 is 1.36 bits per heavy atom. The molecule has 6 heteroatoms. The van der Waals surface area contributed by atoms with Crippen LogP contribution in [-0.2, 0) is 4.79 Å². The first-order valence-electron chi connectivity index (χ1n) is 8.89. The zero-order chi connectivity index (χ0) is 17.4. The number of hydrogen-bond acceptors (Lipinski definition) is 4. The molecule has 25 heavy (non-hydrogen) atoms. The number of H-pyrrole nitrogens is 1. The van der Waals surface area contributed by atoms with Crippen LogP contribution >= 0.6 is 0 Å². The Kier molecular flexibility index (Phi) is 4.03. The number of carbonyl (C=O) groups is 1. The third-order valence-corrected chi connectivity index (χ3v) is 4.83. The van der Waals surface area contributed by atoms with Crippen LogP contribution in [0.5, 0.6) is 0 Å². The molecule has 2 N–H and O–H groups in total. The van der Waals surface area contributed by atoms with E-state index in [1.807, 2.05) is 32.3 Å². The summed E-state index contributed by atoms with van der Waals surface area (Å²) in [6, 6.07) is 4.28. The molecule has 0 radical (unpaired) electrons. The molecule has 1 unspecified atom stereocenters. The maximum Gasteiger partial charge on any atom is 0.225 e. The summed E-state index contributed by atoms with van der Waals surface area (Å²) in [7, 11) is 0. The van der Waals surface area contributed by atoms with Crippen molar-refractivity contribution in [1.29, 1.82) is 0 Å². The minimum Gasteiger partial charge on any atom is -0.370 e. The van der Waals surface area contributed by atoms with Gasteiger partial charge in [0.25, 0.3) is 0 Å². The molecule has 0 aliphatic carbocycles. The molecule has 0 spiro atoms. The number of nitrogens with zero attached hydrogens (tertiary/aromatic N) is 3. The number of fused-ring (bicyclic) bond motifs is 3. The first-order chi connectivity index (χ1) is 12.1. The third kappa shape index (κ3) is 2.92. The molecule has 3 aromatic rings. The van der Waals surface area contributed by atoms with Crippen LogP contribution in [0.4, 0.5) is 5.69 Å². The van der Waals surface area contributed by atoms with Gasteiger partial charge in [-0.25, -0.2) is 9.97 Å². The molecule has 4 heterocycles. The van der Waals surface area contributed by atoms with Crippen molar-refractivity contribution in [3.63, 3.8) is 0 Å². The van der Waals surface area contributed by atoms with Crippen LogP contribution in [0.2, 0.25) is 0 Å². The van der Waals surface area contributed by atoms with E-state index in [1.54, 1.807) is 6.20 Å². The topological polar surface area (TPSA) is 73.9 Å². The Balaban J connectivity index is 1.71. The maximum absolute atomic E-state index is 12.5. The zero-order valence-electron chi connectivity index (χ0n) is 14.6. The van der Waals surface area contributed by atoms with Crippen LogP contribution < -0.4 is 10.2 Å². The van der Waals surface area contributed by atoms with Gasteiger partial charge in [0.15, 0.2) is 5.65 Å². The van der Waals surface area contributed by atoms with Crippen molar-refractivity contribution in [3.8, 4) is 0 Å². The van der Waals surface area contributed by atoms with Crippen molar-refractivity contribution in [2.75, 3.05) is 18.0 Å². The van der Waals surface area contributed by atoms with E-state index < -0.39 is 0 Å². The lowest BCUT2D eigenvalue weighted by Gasteiger charge is -2.34. The maximum atomic E-state index is 12.5. The minimum absolute atomic E-state index is 0.0329. The Morgan fingerprint density at radius 3 is 3.08 bits per heavy atom. The van der Waals surface area contributed by atoms with Crippen LogP contribution in [0.1, 0.15) is 26.7 Å². The summed E-state index contributed by atoms with van der Waals surface area (Å²) in [4.78, 5) is 26.8. The van der Waals surface area contributed by atoms with Gasteiger partial charge in [0.1, 0.15) is 0 Å². The third-order valence-electron chi connectivity index (χ3n) is 4.83.